The van der Waals surface area contributed by atoms with Gasteiger partial charge in [-0.1, -0.05) is 286 Å². The van der Waals surface area contributed by atoms with Crippen molar-refractivity contribution in [2.24, 2.45) is 85.8 Å². The molecule has 67 heavy (non-hydrogen) atoms. The second kappa shape index (κ2) is 40.5. The molecular weight excluding hydrogens is 805 g/mol. The third kappa shape index (κ3) is 24.1. The lowest BCUT2D eigenvalue weighted by atomic mass is 9.56. The fourth-order valence-electron chi connectivity index (χ4n) is 13.8. The molecule has 5 aliphatic rings. The highest BCUT2D eigenvalue weighted by Gasteiger charge is 2.53. The predicted octanol–water partition coefficient (Wildman–Crippen LogP) is 25.5. The number of rotatable bonds is 9. The summed E-state index contributed by atoms with van der Waals surface area (Å²) in [5.41, 5.74) is 3.98. The van der Waals surface area contributed by atoms with Gasteiger partial charge in [-0.2, -0.15) is 0 Å². The van der Waals surface area contributed by atoms with E-state index < -0.39 is 0 Å². The molecule has 0 unspecified atom stereocenters. The quantitative estimate of drug-likeness (QED) is 0.202. The Morgan fingerprint density at radius 2 is 0.373 bits per heavy atom. The fourth-order valence-corrected chi connectivity index (χ4v) is 13.8. The van der Waals surface area contributed by atoms with Crippen LogP contribution in [-0.2, 0) is 0 Å². The largest absolute Gasteiger partial charge is 0.0776 e. The van der Waals surface area contributed by atoms with Crippen LogP contribution in [0.5, 0.6) is 0 Å². The molecule has 5 saturated carbocycles. The first kappa shape index (κ1) is 78.4. The maximum absolute atomic E-state index is 2.42. The molecule has 0 aliphatic heterocycles. The van der Waals surface area contributed by atoms with E-state index >= 15 is 0 Å². The van der Waals surface area contributed by atoms with Gasteiger partial charge in [0, 0.05) is 0 Å². The van der Waals surface area contributed by atoms with Crippen molar-refractivity contribution in [3.63, 3.8) is 0 Å². The van der Waals surface area contributed by atoms with Gasteiger partial charge < -0.3 is 0 Å². The van der Waals surface area contributed by atoms with Crippen molar-refractivity contribution in [3.8, 4) is 0 Å². The monoisotopic (exact) mass is 951 g/mol. The van der Waals surface area contributed by atoms with Crippen LogP contribution in [0.25, 0.3) is 0 Å². The third-order valence-corrected chi connectivity index (χ3v) is 19.2. The first-order valence-electron chi connectivity index (χ1n) is 30.8. The fraction of sp³-hybridized carbons (Fsp3) is 1.00. The van der Waals surface area contributed by atoms with Gasteiger partial charge in [0.2, 0.25) is 0 Å². The highest BCUT2D eigenvalue weighted by atomic mass is 14.6. The molecule has 0 heteroatoms. The minimum Gasteiger partial charge on any atom is -0.0776 e. The van der Waals surface area contributed by atoms with E-state index in [4.69, 9.17) is 0 Å². The average Bonchev–Trinajstić information content (AvgIpc) is 4.02. The Morgan fingerprint density at radius 3 is 0.463 bits per heavy atom. The van der Waals surface area contributed by atoms with Gasteiger partial charge in [0.25, 0.3) is 0 Å². The van der Waals surface area contributed by atoms with E-state index in [0.717, 1.165) is 58.7 Å². The second-order valence-electron chi connectivity index (χ2n) is 24.8. The second-order valence-corrected chi connectivity index (χ2v) is 24.8. The zero-order valence-corrected chi connectivity index (χ0v) is 53.3. The molecule has 0 heterocycles. The Hall–Kier alpha value is 0. The highest BCUT2D eigenvalue weighted by Crippen LogP contribution is 2.63. The topological polar surface area (TPSA) is 0 Å². The van der Waals surface area contributed by atoms with E-state index in [0.29, 0.717) is 27.1 Å². The molecule has 0 atom stereocenters. The summed E-state index contributed by atoms with van der Waals surface area (Å²) in [6, 6.07) is 0. The summed E-state index contributed by atoms with van der Waals surface area (Å²) in [5.74, 6) is 7.89. The van der Waals surface area contributed by atoms with Gasteiger partial charge in [-0.15, -0.1) is 0 Å². The summed E-state index contributed by atoms with van der Waals surface area (Å²) in [6.45, 7) is 70.2. The summed E-state index contributed by atoms with van der Waals surface area (Å²) < 4.78 is 0. The van der Waals surface area contributed by atoms with Crippen LogP contribution in [0.15, 0.2) is 0 Å². The van der Waals surface area contributed by atoms with E-state index in [1.165, 1.54) is 128 Å². The minimum atomic E-state index is 0. The first-order chi connectivity index (χ1) is 30.8. The van der Waals surface area contributed by atoms with Crippen LogP contribution in [0.2, 0.25) is 0 Å². The molecule has 0 radical (unpaired) electrons. The lowest BCUT2D eigenvalue weighted by Gasteiger charge is -2.49. The summed E-state index contributed by atoms with van der Waals surface area (Å²) in [6.07, 6.45) is 29.4. The Morgan fingerprint density at radius 1 is 0.224 bits per heavy atom. The van der Waals surface area contributed by atoms with Gasteiger partial charge in [0.1, 0.15) is 0 Å². The zero-order chi connectivity index (χ0) is 53.3. The van der Waals surface area contributed by atoms with Gasteiger partial charge in [-0.25, -0.2) is 0 Å². The zero-order valence-electron chi connectivity index (χ0n) is 53.3. The smallest absolute Gasteiger partial charge is 0.0225 e. The molecular formula is C67H146. The lowest BCUT2D eigenvalue weighted by Crippen LogP contribution is -2.39. The molecule has 0 spiro atoms. The van der Waals surface area contributed by atoms with E-state index in [-0.39, 0.29) is 7.43 Å². The van der Waals surface area contributed by atoms with Crippen LogP contribution in [0.3, 0.4) is 0 Å². The van der Waals surface area contributed by atoms with Crippen LogP contribution >= 0.6 is 0 Å². The summed E-state index contributed by atoms with van der Waals surface area (Å²) >= 11 is 0. The van der Waals surface area contributed by atoms with Gasteiger partial charge in [0.15, 0.2) is 0 Å². The standard InChI is InChI=1S/C13H26.C12H24.C11H22.2C10H20.5C2H6.CH4/c1-11(2)13(12(3)4)9-7-5-6-8-10-13;1-10(2)12(11(3)4)8-6-5-7-9-12;1-9(2)11(10(3)4)7-5-6-8-11;1-8(2)10(6-7-10)9(3,4)5;1-8(2)10(9(3)4)6-5-7-10;5*1-2;/h11-12H,5-10H2,1-4H3;10-11H,5-9H2,1-4H3;9-10H,5-8H2,1-4H3;8H,6-7H2,1-5H3;8-9H,5-7H2,1-4H3;5*1-2H3;1H4. The van der Waals surface area contributed by atoms with Crippen molar-refractivity contribution in [2.75, 3.05) is 0 Å². The number of hydrogen-bond acceptors (Lipinski definition) is 0. The molecule has 0 amide bonds. The van der Waals surface area contributed by atoms with Crippen molar-refractivity contribution in [1.82, 2.24) is 0 Å². The lowest BCUT2D eigenvalue weighted by molar-refractivity contribution is 0.0135. The van der Waals surface area contributed by atoms with Crippen molar-refractivity contribution in [3.05, 3.63) is 0 Å². The molecule has 0 aromatic heterocycles. The normalized spacial score (nSPS) is 20.1. The average molecular weight is 952 g/mol. The molecule has 5 fully saturated rings. The first-order valence-corrected chi connectivity index (χ1v) is 30.8. The van der Waals surface area contributed by atoms with Crippen LogP contribution in [0.1, 0.15) is 350 Å². The van der Waals surface area contributed by atoms with Crippen molar-refractivity contribution in [2.45, 2.75) is 350 Å². The summed E-state index contributed by atoms with van der Waals surface area (Å²) in [7, 11) is 0. The van der Waals surface area contributed by atoms with Crippen LogP contribution in [0.4, 0.5) is 0 Å². The molecule has 0 bridgehead atoms. The Labute approximate surface area is 434 Å². The maximum atomic E-state index is 2.42. The van der Waals surface area contributed by atoms with Gasteiger partial charge >= 0.3 is 0 Å². The molecule has 5 rings (SSSR count). The molecule has 0 nitrogen and oxygen atoms in total. The summed E-state index contributed by atoms with van der Waals surface area (Å²) in [4.78, 5) is 0. The molecule has 0 aromatic carbocycles. The highest BCUT2D eigenvalue weighted by molar-refractivity contribution is 5.03. The van der Waals surface area contributed by atoms with Gasteiger partial charge in [-0.05, 0) is 150 Å². The molecule has 0 saturated heterocycles. The van der Waals surface area contributed by atoms with E-state index in [2.05, 4.69) is 145 Å². The molecule has 0 aromatic rings. The van der Waals surface area contributed by atoms with E-state index in [1.54, 1.807) is 0 Å². The number of hydrogen-bond donors (Lipinski definition) is 0. The maximum Gasteiger partial charge on any atom is -0.0225 e. The molecule has 0 N–H and O–H groups in total. The van der Waals surface area contributed by atoms with Crippen molar-refractivity contribution < 1.29 is 0 Å². The Bertz CT molecular complexity index is 944. The Kier molecular flexibility index (Phi) is 47.4. The predicted molar refractivity (Wildman–Crippen MR) is 321 cm³/mol. The van der Waals surface area contributed by atoms with Crippen LogP contribution in [0, 0.1) is 85.8 Å². The van der Waals surface area contributed by atoms with Gasteiger partial charge in [0.05, 0.1) is 0 Å². The van der Waals surface area contributed by atoms with Crippen molar-refractivity contribution >= 4 is 0 Å². The van der Waals surface area contributed by atoms with Crippen molar-refractivity contribution in [1.29, 1.82) is 0 Å². The molecule has 5 aliphatic carbocycles. The molecule has 414 valence electrons. The van der Waals surface area contributed by atoms with E-state index in [1.807, 2.05) is 69.2 Å². The summed E-state index contributed by atoms with van der Waals surface area (Å²) in [5, 5.41) is 0. The van der Waals surface area contributed by atoms with Crippen LogP contribution < -0.4 is 0 Å². The Balaban J connectivity index is -0.000000165. The van der Waals surface area contributed by atoms with E-state index in [9.17, 15) is 0 Å². The SMILES string of the molecule is C.CC.CC.CC.CC.CC.CC(C)C1(C(C)(C)C)CC1.CC(C)C1(C(C)C)CCC1.CC(C)C1(C(C)C)CCCC1.CC(C)C1(C(C)C)CCCCC1.CC(C)C1(C(C)C)CCCCCC1. The minimum absolute atomic E-state index is 0. The third-order valence-electron chi connectivity index (χ3n) is 19.2. The van der Waals surface area contributed by atoms with Gasteiger partial charge in [-0.3, -0.25) is 0 Å². The van der Waals surface area contributed by atoms with Crippen LogP contribution in [-0.4, -0.2) is 0 Å².